The van der Waals surface area contributed by atoms with Crippen LogP contribution in [0, 0.1) is 5.92 Å². The Labute approximate surface area is 110 Å². The Morgan fingerprint density at radius 2 is 2.06 bits per heavy atom. The number of nitrogens with zero attached hydrogens (tertiary/aromatic N) is 1. The fourth-order valence-corrected chi connectivity index (χ4v) is 2.70. The Morgan fingerprint density at radius 1 is 1.33 bits per heavy atom. The van der Waals surface area contributed by atoms with Crippen LogP contribution in [-0.2, 0) is 17.8 Å². The summed E-state index contributed by atoms with van der Waals surface area (Å²) in [5.74, 6) is 0.663. The zero-order valence-corrected chi connectivity index (χ0v) is 11.4. The van der Waals surface area contributed by atoms with Gasteiger partial charge in [-0.15, -0.1) is 0 Å². The molecule has 2 rings (SSSR count). The summed E-state index contributed by atoms with van der Waals surface area (Å²) in [5, 5.41) is 0. The molecule has 1 aromatic carbocycles. The second-order valence-electron chi connectivity index (χ2n) is 5.25. The Bertz CT molecular complexity index is 381. The molecule has 0 amide bonds. The number of nitrogens with two attached hydrogens (primary N) is 1. The Balaban J connectivity index is 2.01. The molecule has 0 spiro atoms. The Morgan fingerprint density at radius 3 is 2.72 bits per heavy atom. The number of hydrogen-bond donors (Lipinski definition) is 1. The highest BCUT2D eigenvalue weighted by atomic mass is 16.5. The monoisotopic (exact) mass is 248 g/mol. The van der Waals surface area contributed by atoms with Crippen molar-refractivity contribution in [2.75, 3.05) is 20.2 Å². The number of benzene rings is 1. The first-order valence-electron chi connectivity index (χ1n) is 6.76. The van der Waals surface area contributed by atoms with Crippen LogP contribution in [0.15, 0.2) is 24.3 Å². The molecular formula is C15H24N2O. The molecule has 1 heterocycles. The molecule has 0 aromatic heterocycles. The van der Waals surface area contributed by atoms with Gasteiger partial charge in [0.05, 0.1) is 6.10 Å². The molecule has 0 radical (unpaired) electrons. The van der Waals surface area contributed by atoms with Crippen molar-refractivity contribution in [2.24, 2.45) is 11.7 Å². The minimum absolute atomic E-state index is 0.365. The second-order valence-corrected chi connectivity index (χ2v) is 5.25. The molecule has 0 bridgehead atoms. The van der Waals surface area contributed by atoms with Crippen LogP contribution in [0.3, 0.4) is 0 Å². The van der Waals surface area contributed by atoms with Crippen molar-refractivity contribution in [3.8, 4) is 0 Å². The molecule has 100 valence electrons. The van der Waals surface area contributed by atoms with E-state index >= 15 is 0 Å². The van der Waals surface area contributed by atoms with Crippen LogP contribution in [-0.4, -0.2) is 31.2 Å². The molecule has 1 saturated heterocycles. The maximum Gasteiger partial charge on any atom is 0.0724 e. The SMILES string of the molecule is COC1CN(Cc2ccccc2CN)CCC1C. The molecule has 2 N–H and O–H groups in total. The summed E-state index contributed by atoms with van der Waals surface area (Å²) in [5.41, 5.74) is 8.39. The lowest BCUT2D eigenvalue weighted by Gasteiger charge is -2.36. The fourth-order valence-electron chi connectivity index (χ4n) is 2.70. The molecule has 3 heteroatoms. The number of likely N-dealkylation sites (tertiary alicyclic amines) is 1. The highest BCUT2D eigenvalue weighted by molar-refractivity contribution is 5.26. The maximum absolute atomic E-state index is 5.79. The molecule has 1 aromatic rings. The van der Waals surface area contributed by atoms with Gasteiger partial charge in [0, 0.05) is 26.7 Å². The van der Waals surface area contributed by atoms with Gasteiger partial charge in [-0.3, -0.25) is 4.90 Å². The van der Waals surface area contributed by atoms with Crippen LogP contribution < -0.4 is 5.73 Å². The van der Waals surface area contributed by atoms with E-state index in [1.165, 1.54) is 17.5 Å². The van der Waals surface area contributed by atoms with E-state index < -0.39 is 0 Å². The standard InChI is InChI=1S/C15H24N2O/c1-12-7-8-17(11-15(12)18-2)10-14-6-4-3-5-13(14)9-16/h3-6,12,15H,7-11,16H2,1-2H3. The minimum atomic E-state index is 0.365. The van der Waals surface area contributed by atoms with Crippen LogP contribution >= 0.6 is 0 Å². The number of rotatable bonds is 4. The van der Waals surface area contributed by atoms with Gasteiger partial charge in [0.1, 0.15) is 0 Å². The Kier molecular flexibility index (Phi) is 4.75. The van der Waals surface area contributed by atoms with Crippen molar-refractivity contribution in [1.82, 2.24) is 4.90 Å². The quantitative estimate of drug-likeness (QED) is 0.885. The molecule has 0 aliphatic carbocycles. The summed E-state index contributed by atoms with van der Waals surface area (Å²) in [6, 6.07) is 8.45. The predicted molar refractivity (Wildman–Crippen MR) is 74.2 cm³/mol. The Hall–Kier alpha value is -0.900. The second kappa shape index (κ2) is 6.32. The first-order valence-corrected chi connectivity index (χ1v) is 6.76. The van der Waals surface area contributed by atoms with Crippen molar-refractivity contribution < 1.29 is 4.74 Å². The van der Waals surface area contributed by atoms with E-state index in [2.05, 4.69) is 36.1 Å². The third kappa shape index (κ3) is 3.10. The topological polar surface area (TPSA) is 38.5 Å². The van der Waals surface area contributed by atoms with Gasteiger partial charge in [0.15, 0.2) is 0 Å². The van der Waals surface area contributed by atoms with Crippen LogP contribution in [0.25, 0.3) is 0 Å². The van der Waals surface area contributed by atoms with Gasteiger partial charge in [-0.25, -0.2) is 0 Å². The summed E-state index contributed by atoms with van der Waals surface area (Å²) in [6.07, 6.45) is 1.58. The van der Waals surface area contributed by atoms with Gasteiger partial charge in [-0.1, -0.05) is 31.2 Å². The smallest absolute Gasteiger partial charge is 0.0724 e. The third-order valence-electron chi connectivity index (χ3n) is 4.01. The van der Waals surface area contributed by atoms with E-state index in [9.17, 15) is 0 Å². The fraction of sp³-hybridized carbons (Fsp3) is 0.600. The third-order valence-corrected chi connectivity index (χ3v) is 4.01. The molecular weight excluding hydrogens is 224 g/mol. The van der Waals surface area contributed by atoms with Crippen molar-refractivity contribution in [1.29, 1.82) is 0 Å². The van der Waals surface area contributed by atoms with Crippen molar-refractivity contribution >= 4 is 0 Å². The molecule has 1 fully saturated rings. The normalized spacial score (nSPS) is 25.3. The predicted octanol–water partition coefficient (Wildman–Crippen LogP) is 2.00. The lowest BCUT2D eigenvalue weighted by molar-refractivity contribution is -0.00751. The molecule has 1 aliphatic rings. The number of ether oxygens (including phenoxy) is 1. The number of piperidine rings is 1. The first kappa shape index (κ1) is 13.5. The van der Waals surface area contributed by atoms with Crippen molar-refractivity contribution in [3.63, 3.8) is 0 Å². The summed E-state index contributed by atoms with van der Waals surface area (Å²) >= 11 is 0. The molecule has 1 aliphatic heterocycles. The van der Waals surface area contributed by atoms with Crippen LogP contribution in [0.5, 0.6) is 0 Å². The van der Waals surface area contributed by atoms with Crippen LogP contribution in [0.4, 0.5) is 0 Å². The van der Waals surface area contributed by atoms with E-state index in [1.54, 1.807) is 0 Å². The average molecular weight is 248 g/mol. The van der Waals surface area contributed by atoms with Crippen molar-refractivity contribution in [3.05, 3.63) is 35.4 Å². The molecule has 2 unspecified atom stereocenters. The van der Waals surface area contributed by atoms with Gasteiger partial charge < -0.3 is 10.5 Å². The summed E-state index contributed by atoms with van der Waals surface area (Å²) < 4.78 is 5.56. The van der Waals surface area contributed by atoms with Gasteiger partial charge in [0.25, 0.3) is 0 Å². The molecule has 0 saturated carbocycles. The minimum Gasteiger partial charge on any atom is -0.380 e. The molecule has 18 heavy (non-hydrogen) atoms. The lowest BCUT2D eigenvalue weighted by atomic mass is 9.95. The first-order chi connectivity index (χ1) is 8.74. The summed E-state index contributed by atoms with van der Waals surface area (Å²) in [6.45, 7) is 6.06. The van der Waals surface area contributed by atoms with Gasteiger partial charge in [-0.2, -0.15) is 0 Å². The zero-order valence-electron chi connectivity index (χ0n) is 11.4. The van der Waals surface area contributed by atoms with Crippen molar-refractivity contribution in [2.45, 2.75) is 32.5 Å². The highest BCUT2D eigenvalue weighted by Crippen LogP contribution is 2.21. The van der Waals surface area contributed by atoms with E-state index in [1.807, 2.05) is 7.11 Å². The number of hydrogen-bond acceptors (Lipinski definition) is 3. The lowest BCUT2D eigenvalue weighted by Crippen LogP contribution is -2.43. The average Bonchev–Trinajstić information content (AvgIpc) is 2.41. The van der Waals surface area contributed by atoms with Crippen LogP contribution in [0.1, 0.15) is 24.5 Å². The van der Waals surface area contributed by atoms with E-state index in [4.69, 9.17) is 10.5 Å². The number of methoxy groups -OCH3 is 1. The van der Waals surface area contributed by atoms with E-state index in [-0.39, 0.29) is 0 Å². The van der Waals surface area contributed by atoms with E-state index in [0.29, 0.717) is 18.6 Å². The maximum atomic E-state index is 5.79. The zero-order chi connectivity index (χ0) is 13.0. The largest absolute Gasteiger partial charge is 0.380 e. The van der Waals surface area contributed by atoms with Gasteiger partial charge in [-0.05, 0) is 30.0 Å². The summed E-state index contributed by atoms with van der Waals surface area (Å²) in [4.78, 5) is 2.47. The molecule has 2 atom stereocenters. The summed E-state index contributed by atoms with van der Waals surface area (Å²) in [7, 11) is 1.82. The molecule has 3 nitrogen and oxygen atoms in total. The van der Waals surface area contributed by atoms with Gasteiger partial charge in [0.2, 0.25) is 0 Å². The van der Waals surface area contributed by atoms with E-state index in [0.717, 1.165) is 19.6 Å². The van der Waals surface area contributed by atoms with Gasteiger partial charge >= 0.3 is 0 Å². The highest BCUT2D eigenvalue weighted by Gasteiger charge is 2.26. The van der Waals surface area contributed by atoms with Crippen LogP contribution in [0.2, 0.25) is 0 Å².